The van der Waals surface area contributed by atoms with E-state index in [1.54, 1.807) is 17.0 Å². The van der Waals surface area contributed by atoms with Crippen molar-refractivity contribution in [2.45, 2.75) is 13.8 Å². The Hall–Kier alpha value is -3.82. The Morgan fingerprint density at radius 3 is 2.59 bits per heavy atom. The SMILES string of the molecule is CCOc1cc(/C=C2/C(=N)N3C(c4ccccc4)=CSC3=NC2=O)cc(Br)c1OCCOc1cccc(C)c1. The van der Waals surface area contributed by atoms with Gasteiger partial charge in [-0.1, -0.05) is 54.2 Å². The molecule has 0 radical (unpaired) electrons. The van der Waals surface area contributed by atoms with Gasteiger partial charge in [-0.05, 0) is 76.8 Å². The Labute approximate surface area is 239 Å². The van der Waals surface area contributed by atoms with Gasteiger partial charge in [-0.2, -0.15) is 4.99 Å². The lowest BCUT2D eigenvalue weighted by molar-refractivity contribution is -0.114. The average molecular weight is 605 g/mol. The van der Waals surface area contributed by atoms with Crippen molar-refractivity contribution in [2.75, 3.05) is 19.8 Å². The smallest absolute Gasteiger partial charge is 0.283 e. The van der Waals surface area contributed by atoms with Crippen LogP contribution in [0.25, 0.3) is 11.8 Å². The standard InChI is InChI=1S/C30H26BrN3O4S/c1-3-36-26-17-20(16-24(31)27(26)38-13-12-37-22-11-7-8-19(2)14-22)15-23-28(32)34-25(21-9-5-4-6-10-21)18-39-30(34)33-29(23)35/h4-11,14-18,32H,3,12-13H2,1-2H3/b23-15-,32-28?. The highest BCUT2D eigenvalue weighted by Gasteiger charge is 2.36. The van der Waals surface area contributed by atoms with Gasteiger partial charge in [0.15, 0.2) is 16.7 Å². The van der Waals surface area contributed by atoms with Crippen molar-refractivity contribution in [3.8, 4) is 17.2 Å². The molecule has 198 valence electrons. The number of hydrogen-bond acceptors (Lipinski definition) is 6. The Bertz CT molecular complexity index is 1520. The molecule has 2 aliphatic heterocycles. The summed E-state index contributed by atoms with van der Waals surface area (Å²) in [4.78, 5) is 18.9. The number of amidine groups is 2. The third-order valence-corrected chi connectivity index (χ3v) is 7.33. The zero-order valence-electron chi connectivity index (χ0n) is 21.4. The first-order valence-electron chi connectivity index (χ1n) is 12.4. The molecule has 39 heavy (non-hydrogen) atoms. The molecule has 0 saturated carbocycles. The molecule has 2 heterocycles. The molecule has 0 unspecified atom stereocenters. The maximum Gasteiger partial charge on any atom is 0.283 e. The monoisotopic (exact) mass is 603 g/mol. The highest BCUT2D eigenvalue weighted by Crippen LogP contribution is 2.40. The maximum atomic E-state index is 12.9. The van der Waals surface area contributed by atoms with E-state index < -0.39 is 5.91 Å². The number of thioether (sulfide) groups is 1. The molecule has 9 heteroatoms. The van der Waals surface area contributed by atoms with Gasteiger partial charge in [-0.25, -0.2) is 0 Å². The number of nitrogens with zero attached hydrogens (tertiary/aromatic N) is 2. The Kier molecular flexibility index (Phi) is 8.18. The molecule has 0 saturated heterocycles. The van der Waals surface area contributed by atoms with E-state index in [1.165, 1.54) is 11.8 Å². The van der Waals surface area contributed by atoms with Crippen LogP contribution < -0.4 is 14.2 Å². The molecule has 0 spiro atoms. The van der Waals surface area contributed by atoms with Crippen LogP contribution in [0, 0.1) is 12.3 Å². The van der Waals surface area contributed by atoms with E-state index >= 15 is 0 Å². The van der Waals surface area contributed by atoms with Gasteiger partial charge in [0, 0.05) is 5.41 Å². The Morgan fingerprint density at radius 2 is 1.82 bits per heavy atom. The summed E-state index contributed by atoms with van der Waals surface area (Å²) in [5, 5.41) is 11.3. The summed E-state index contributed by atoms with van der Waals surface area (Å²) >= 11 is 4.93. The highest BCUT2D eigenvalue weighted by atomic mass is 79.9. The summed E-state index contributed by atoms with van der Waals surface area (Å²) < 4.78 is 18.3. The predicted octanol–water partition coefficient (Wildman–Crippen LogP) is 6.92. The first-order valence-corrected chi connectivity index (χ1v) is 14.1. The van der Waals surface area contributed by atoms with Crippen LogP contribution in [0.4, 0.5) is 0 Å². The molecule has 7 nitrogen and oxygen atoms in total. The lowest BCUT2D eigenvalue weighted by Crippen LogP contribution is -2.38. The van der Waals surface area contributed by atoms with Crippen LogP contribution in [0.5, 0.6) is 17.2 Å². The van der Waals surface area contributed by atoms with E-state index in [-0.39, 0.29) is 11.4 Å². The maximum absolute atomic E-state index is 12.9. The van der Waals surface area contributed by atoms with Gasteiger partial charge in [-0.3, -0.25) is 15.1 Å². The number of carbonyl (C=O) groups is 1. The van der Waals surface area contributed by atoms with Crippen molar-refractivity contribution < 1.29 is 19.0 Å². The molecule has 1 N–H and O–H groups in total. The molecule has 0 aliphatic carbocycles. The van der Waals surface area contributed by atoms with Crippen molar-refractivity contribution in [3.05, 3.63) is 98.9 Å². The number of amides is 1. The van der Waals surface area contributed by atoms with Crippen molar-refractivity contribution in [3.63, 3.8) is 0 Å². The van der Waals surface area contributed by atoms with Crippen LogP contribution in [-0.4, -0.2) is 41.6 Å². The van der Waals surface area contributed by atoms with Gasteiger partial charge < -0.3 is 14.2 Å². The molecule has 0 fully saturated rings. The second kappa shape index (κ2) is 11.9. The first-order chi connectivity index (χ1) is 18.9. The lowest BCUT2D eigenvalue weighted by Gasteiger charge is -2.27. The number of halogens is 1. The number of aliphatic imine (C=N–C) groups is 1. The molecule has 5 rings (SSSR count). The van der Waals surface area contributed by atoms with Gasteiger partial charge in [-0.15, -0.1) is 0 Å². The fourth-order valence-electron chi connectivity index (χ4n) is 4.16. The van der Waals surface area contributed by atoms with Crippen LogP contribution >= 0.6 is 27.7 Å². The van der Waals surface area contributed by atoms with E-state index in [9.17, 15) is 4.79 Å². The van der Waals surface area contributed by atoms with Gasteiger partial charge in [0.2, 0.25) is 0 Å². The first kappa shape index (κ1) is 26.8. The van der Waals surface area contributed by atoms with E-state index in [0.717, 1.165) is 22.6 Å². The van der Waals surface area contributed by atoms with Crippen molar-refractivity contribution in [1.82, 2.24) is 4.90 Å². The fourth-order valence-corrected chi connectivity index (χ4v) is 5.63. The minimum atomic E-state index is -0.454. The molecule has 1 amide bonds. The summed E-state index contributed by atoms with van der Waals surface area (Å²) in [6, 6.07) is 21.2. The van der Waals surface area contributed by atoms with E-state index in [4.69, 9.17) is 19.6 Å². The van der Waals surface area contributed by atoms with Crippen LogP contribution in [-0.2, 0) is 4.79 Å². The molecular weight excluding hydrogens is 578 g/mol. The number of aryl methyl sites for hydroxylation is 1. The van der Waals surface area contributed by atoms with Crippen LogP contribution in [0.1, 0.15) is 23.6 Å². The molecule has 0 atom stereocenters. The van der Waals surface area contributed by atoms with Crippen LogP contribution in [0.2, 0.25) is 0 Å². The third-order valence-electron chi connectivity index (χ3n) is 5.91. The van der Waals surface area contributed by atoms with Gasteiger partial charge in [0.25, 0.3) is 5.91 Å². The van der Waals surface area contributed by atoms with Gasteiger partial charge >= 0.3 is 0 Å². The number of rotatable bonds is 9. The summed E-state index contributed by atoms with van der Waals surface area (Å²) in [5.74, 6) is 1.48. The number of ether oxygens (including phenoxy) is 3. The molecule has 2 aliphatic rings. The van der Waals surface area contributed by atoms with Crippen molar-refractivity contribution in [1.29, 1.82) is 5.41 Å². The number of nitrogens with one attached hydrogen (secondary N) is 1. The normalized spacial score (nSPS) is 15.7. The molecular formula is C30H26BrN3O4S. The van der Waals surface area contributed by atoms with E-state index in [1.807, 2.05) is 79.9 Å². The topological polar surface area (TPSA) is 84.2 Å². The zero-order chi connectivity index (χ0) is 27.4. The van der Waals surface area contributed by atoms with Crippen LogP contribution in [0.15, 0.2) is 87.2 Å². The fraction of sp³-hybridized carbons (Fsp3) is 0.167. The van der Waals surface area contributed by atoms with Crippen molar-refractivity contribution >= 4 is 56.4 Å². The summed E-state index contributed by atoms with van der Waals surface area (Å²) in [6.07, 6.45) is 1.66. The number of benzene rings is 3. The quantitative estimate of drug-likeness (QED) is 0.211. The lowest BCUT2D eigenvalue weighted by atomic mass is 10.1. The molecule has 0 bridgehead atoms. The summed E-state index contributed by atoms with van der Waals surface area (Å²) in [5.41, 5.74) is 3.76. The molecule has 0 aromatic heterocycles. The van der Waals surface area contributed by atoms with Crippen molar-refractivity contribution in [2.24, 2.45) is 4.99 Å². The Balaban J connectivity index is 1.36. The molecule has 3 aromatic rings. The summed E-state index contributed by atoms with van der Waals surface area (Å²) in [6.45, 7) is 5.02. The number of hydrogen-bond donors (Lipinski definition) is 1. The zero-order valence-corrected chi connectivity index (χ0v) is 23.8. The average Bonchev–Trinajstić information content (AvgIpc) is 3.35. The minimum absolute atomic E-state index is 0.0767. The Morgan fingerprint density at radius 1 is 1.03 bits per heavy atom. The van der Waals surface area contributed by atoms with E-state index in [0.29, 0.717) is 46.5 Å². The number of carbonyl (C=O) groups excluding carboxylic acids is 1. The second-order valence-electron chi connectivity index (χ2n) is 8.70. The van der Waals surface area contributed by atoms with Crippen LogP contribution in [0.3, 0.4) is 0 Å². The van der Waals surface area contributed by atoms with Gasteiger partial charge in [0.1, 0.15) is 24.8 Å². The summed E-state index contributed by atoms with van der Waals surface area (Å²) in [7, 11) is 0. The highest BCUT2D eigenvalue weighted by molar-refractivity contribution is 9.10. The minimum Gasteiger partial charge on any atom is -0.490 e. The number of fused-ring (bicyclic) bond motifs is 1. The largest absolute Gasteiger partial charge is 0.490 e. The van der Waals surface area contributed by atoms with Gasteiger partial charge in [0.05, 0.1) is 22.3 Å². The van der Waals surface area contributed by atoms with E-state index in [2.05, 4.69) is 20.9 Å². The third kappa shape index (κ3) is 5.94. The second-order valence-corrected chi connectivity index (χ2v) is 10.4. The predicted molar refractivity (Wildman–Crippen MR) is 159 cm³/mol. The molecule has 3 aromatic carbocycles.